The number of nitrogens with one attached hydrogen (secondary N) is 1. The Labute approximate surface area is 172 Å². The molecule has 1 aromatic carbocycles. The number of primary amides is 1. The minimum atomic E-state index is -3.98. The van der Waals surface area contributed by atoms with E-state index in [1.165, 1.54) is 35.2 Å². The number of sulfonamides is 2. The molecule has 0 radical (unpaired) electrons. The number of piperazine rings is 1. The first-order valence-electron chi connectivity index (χ1n) is 8.57. The number of rotatable bonds is 5. The number of nitrogens with two attached hydrogens (primary N) is 2. The van der Waals surface area contributed by atoms with Gasteiger partial charge in [-0.25, -0.2) is 26.8 Å². The normalized spacial score (nSPS) is 15.7. The number of nitrogens with zero attached hydrogens (tertiary/aromatic N) is 2. The first kappa shape index (κ1) is 21.8. The lowest BCUT2D eigenvalue weighted by Gasteiger charge is -2.33. The molecule has 0 aliphatic carbocycles. The molecule has 3 rings (SSSR count). The number of carbonyl (C=O) groups is 2. The van der Waals surface area contributed by atoms with E-state index in [0.717, 1.165) is 10.4 Å². The summed E-state index contributed by atoms with van der Waals surface area (Å²) in [7, 11) is -7.90. The number of hydrogen-bond donors (Lipinski definition) is 3. The molecular formula is C16H19N5O7S2. The molecule has 3 amide bonds. The quantitative estimate of drug-likeness (QED) is 0.543. The van der Waals surface area contributed by atoms with Crippen molar-refractivity contribution in [3.8, 4) is 0 Å². The van der Waals surface area contributed by atoms with E-state index in [0.29, 0.717) is 0 Å². The fourth-order valence-electron chi connectivity index (χ4n) is 2.80. The molecule has 0 spiro atoms. The standard InChI is InChI=1S/C16H19N5O7S2/c17-15(22)13-4-5-14(28-13)30(26,27)21-8-6-20(7-9-21)16(23)19-11-2-1-3-12(10-11)29(18,24)25/h1-5,10H,6-9H2,(H2,17,22)(H,19,23)(H2,18,24,25). The van der Waals surface area contributed by atoms with Crippen molar-refractivity contribution >= 4 is 37.7 Å². The van der Waals surface area contributed by atoms with Crippen molar-refractivity contribution in [2.24, 2.45) is 10.9 Å². The van der Waals surface area contributed by atoms with Gasteiger partial charge in [0.15, 0.2) is 5.76 Å². The first-order valence-corrected chi connectivity index (χ1v) is 11.6. The van der Waals surface area contributed by atoms with Gasteiger partial charge < -0.3 is 20.4 Å². The lowest BCUT2D eigenvalue weighted by atomic mass is 10.3. The van der Waals surface area contributed by atoms with Crippen molar-refractivity contribution in [2.75, 3.05) is 31.5 Å². The summed E-state index contributed by atoms with van der Waals surface area (Å²) in [6, 6.07) is 7.26. The van der Waals surface area contributed by atoms with Crippen molar-refractivity contribution in [1.29, 1.82) is 0 Å². The molecule has 1 aliphatic rings. The summed E-state index contributed by atoms with van der Waals surface area (Å²) in [5.41, 5.74) is 5.30. The van der Waals surface area contributed by atoms with Crippen LogP contribution in [0.5, 0.6) is 0 Å². The fraction of sp³-hybridized carbons (Fsp3) is 0.250. The van der Waals surface area contributed by atoms with Crippen LogP contribution in [0.4, 0.5) is 10.5 Å². The summed E-state index contributed by atoms with van der Waals surface area (Å²) in [6.45, 7) is 0.172. The Kier molecular flexibility index (Phi) is 5.85. The number of furan rings is 1. The zero-order chi connectivity index (χ0) is 22.1. The Hall–Kier alpha value is -2.94. The van der Waals surface area contributed by atoms with Crippen LogP contribution in [0.1, 0.15) is 10.6 Å². The molecule has 14 heteroatoms. The molecule has 2 aromatic rings. The van der Waals surface area contributed by atoms with Crippen molar-refractivity contribution < 1.29 is 30.8 Å². The predicted molar refractivity (Wildman–Crippen MR) is 104 cm³/mol. The van der Waals surface area contributed by atoms with Crippen LogP contribution in [0.3, 0.4) is 0 Å². The number of primary sulfonamides is 1. The molecule has 1 aromatic heterocycles. The smallest absolute Gasteiger partial charge is 0.321 e. The largest absolute Gasteiger partial charge is 0.438 e. The lowest BCUT2D eigenvalue weighted by molar-refractivity contribution is 0.0968. The predicted octanol–water partition coefficient (Wildman–Crippen LogP) is -0.436. The van der Waals surface area contributed by atoms with Gasteiger partial charge in [-0.1, -0.05) is 6.07 Å². The molecule has 162 valence electrons. The number of anilines is 1. The average Bonchev–Trinajstić information content (AvgIpc) is 3.19. The molecular weight excluding hydrogens is 438 g/mol. The van der Waals surface area contributed by atoms with Crippen LogP contribution in [-0.2, 0) is 20.0 Å². The fourth-order valence-corrected chi connectivity index (χ4v) is 4.70. The maximum atomic E-state index is 12.6. The third kappa shape index (κ3) is 4.62. The van der Waals surface area contributed by atoms with Crippen LogP contribution in [0.15, 0.2) is 50.8 Å². The van der Waals surface area contributed by atoms with Crippen LogP contribution in [-0.4, -0.2) is 64.2 Å². The summed E-state index contributed by atoms with van der Waals surface area (Å²) in [5.74, 6) is -1.15. The minimum Gasteiger partial charge on any atom is -0.438 e. The number of urea groups is 1. The third-order valence-corrected chi connectivity index (χ3v) is 7.04. The Morgan fingerprint density at radius 1 is 1.00 bits per heavy atom. The average molecular weight is 457 g/mol. The molecule has 1 saturated heterocycles. The monoisotopic (exact) mass is 457 g/mol. The topological polar surface area (TPSA) is 186 Å². The third-order valence-electron chi connectivity index (χ3n) is 4.36. The highest BCUT2D eigenvalue weighted by Gasteiger charge is 2.32. The second-order valence-electron chi connectivity index (χ2n) is 6.38. The van der Waals surface area contributed by atoms with Gasteiger partial charge in [0, 0.05) is 31.9 Å². The van der Waals surface area contributed by atoms with E-state index < -0.39 is 37.1 Å². The van der Waals surface area contributed by atoms with Gasteiger partial charge in [-0.15, -0.1) is 0 Å². The number of carbonyl (C=O) groups excluding carboxylic acids is 2. The minimum absolute atomic E-state index is 0.000420. The van der Waals surface area contributed by atoms with Gasteiger partial charge in [0.2, 0.25) is 15.1 Å². The number of benzene rings is 1. The zero-order valence-corrected chi connectivity index (χ0v) is 17.1. The summed E-state index contributed by atoms with van der Waals surface area (Å²) in [4.78, 5) is 24.8. The van der Waals surface area contributed by atoms with Crippen molar-refractivity contribution in [3.63, 3.8) is 0 Å². The summed E-state index contributed by atoms with van der Waals surface area (Å²) in [6.07, 6.45) is 0. The molecule has 5 N–H and O–H groups in total. The van der Waals surface area contributed by atoms with E-state index in [-0.39, 0.29) is 42.5 Å². The van der Waals surface area contributed by atoms with E-state index in [4.69, 9.17) is 15.3 Å². The maximum absolute atomic E-state index is 12.6. The van der Waals surface area contributed by atoms with E-state index in [9.17, 15) is 26.4 Å². The van der Waals surface area contributed by atoms with Crippen LogP contribution < -0.4 is 16.2 Å². The molecule has 1 fully saturated rings. The van der Waals surface area contributed by atoms with E-state index >= 15 is 0 Å². The van der Waals surface area contributed by atoms with Gasteiger partial charge in [-0.3, -0.25) is 4.79 Å². The van der Waals surface area contributed by atoms with Gasteiger partial charge in [0.1, 0.15) is 0 Å². The van der Waals surface area contributed by atoms with Crippen LogP contribution >= 0.6 is 0 Å². The van der Waals surface area contributed by atoms with Crippen molar-refractivity contribution in [1.82, 2.24) is 9.21 Å². The summed E-state index contributed by atoms with van der Waals surface area (Å²) >= 11 is 0. The van der Waals surface area contributed by atoms with E-state index in [2.05, 4.69) is 5.32 Å². The van der Waals surface area contributed by atoms with Crippen LogP contribution in [0, 0.1) is 0 Å². The molecule has 1 aliphatic heterocycles. The lowest BCUT2D eigenvalue weighted by Crippen LogP contribution is -2.51. The molecule has 12 nitrogen and oxygen atoms in total. The molecule has 0 unspecified atom stereocenters. The van der Waals surface area contributed by atoms with Crippen molar-refractivity contribution in [3.05, 3.63) is 42.2 Å². The second-order valence-corrected chi connectivity index (χ2v) is 9.81. The maximum Gasteiger partial charge on any atom is 0.321 e. The van der Waals surface area contributed by atoms with Gasteiger partial charge >= 0.3 is 6.03 Å². The Balaban J connectivity index is 1.63. The van der Waals surface area contributed by atoms with Gasteiger partial charge in [-0.05, 0) is 30.3 Å². The molecule has 30 heavy (non-hydrogen) atoms. The Morgan fingerprint density at radius 3 is 2.23 bits per heavy atom. The molecule has 0 saturated carbocycles. The molecule has 0 atom stereocenters. The number of amides is 3. The first-order chi connectivity index (χ1) is 14.0. The Bertz CT molecular complexity index is 1180. The summed E-state index contributed by atoms with van der Waals surface area (Å²) < 4.78 is 54.2. The summed E-state index contributed by atoms with van der Waals surface area (Å²) in [5, 5.41) is 7.22. The van der Waals surface area contributed by atoms with Crippen LogP contribution in [0.2, 0.25) is 0 Å². The van der Waals surface area contributed by atoms with Crippen molar-refractivity contribution in [2.45, 2.75) is 9.99 Å². The van der Waals surface area contributed by atoms with Gasteiger partial charge in [-0.2, -0.15) is 4.31 Å². The highest BCUT2D eigenvalue weighted by molar-refractivity contribution is 7.89. The van der Waals surface area contributed by atoms with E-state index in [1.807, 2.05) is 0 Å². The highest BCUT2D eigenvalue weighted by atomic mass is 32.2. The van der Waals surface area contributed by atoms with Crippen LogP contribution in [0.25, 0.3) is 0 Å². The van der Waals surface area contributed by atoms with Gasteiger partial charge in [0.25, 0.3) is 15.9 Å². The van der Waals surface area contributed by atoms with E-state index in [1.54, 1.807) is 0 Å². The van der Waals surface area contributed by atoms with Gasteiger partial charge in [0.05, 0.1) is 4.90 Å². The molecule has 2 heterocycles. The molecule has 0 bridgehead atoms. The highest BCUT2D eigenvalue weighted by Crippen LogP contribution is 2.21. The second kappa shape index (κ2) is 8.06. The number of hydrogen-bond acceptors (Lipinski definition) is 7. The SMILES string of the molecule is NC(=O)c1ccc(S(=O)(=O)N2CCN(C(=O)Nc3cccc(S(N)(=O)=O)c3)CC2)o1. The Morgan fingerprint density at radius 2 is 1.67 bits per heavy atom. The zero-order valence-electron chi connectivity index (χ0n) is 15.5.